The van der Waals surface area contributed by atoms with Crippen LogP contribution in [-0.4, -0.2) is 22.8 Å². The van der Waals surface area contributed by atoms with Crippen molar-refractivity contribution in [2.24, 2.45) is 0 Å². The second-order valence-corrected chi connectivity index (χ2v) is 4.99. The first-order valence-electron chi connectivity index (χ1n) is 6.21. The first-order valence-corrected chi connectivity index (χ1v) is 6.59. The van der Waals surface area contributed by atoms with Gasteiger partial charge in [0.05, 0.1) is 6.04 Å². The number of carbonyl (C=O) groups is 1. The fourth-order valence-corrected chi connectivity index (χ4v) is 2.05. The highest BCUT2D eigenvalue weighted by Crippen LogP contribution is 2.21. The number of hydrogen-bond acceptors (Lipinski definition) is 2. The lowest BCUT2D eigenvalue weighted by atomic mass is 10.1. The molecule has 1 N–H and O–H groups in total. The number of aromatic amines is 1. The first-order chi connectivity index (χ1) is 9.50. The monoisotopic (exact) mass is 290 g/mol. The zero-order valence-electron chi connectivity index (χ0n) is 11.3. The van der Waals surface area contributed by atoms with Crippen molar-refractivity contribution in [2.45, 2.75) is 13.0 Å². The van der Waals surface area contributed by atoms with Gasteiger partial charge in [0, 0.05) is 18.3 Å². The second kappa shape index (κ2) is 5.92. The van der Waals surface area contributed by atoms with Crippen LogP contribution >= 0.6 is 11.6 Å². The number of aromatic nitrogens is 1. The lowest BCUT2D eigenvalue weighted by molar-refractivity contribution is 0.0741. The van der Waals surface area contributed by atoms with E-state index in [0.29, 0.717) is 5.02 Å². The molecule has 0 bridgehead atoms. The van der Waals surface area contributed by atoms with E-state index >= 15 is 0 Å². The highest BCUT2D eigenvalue weighted by molar-refractivity contribution is 6.30. The van der Waals surface area contributed by atoms with Crippen molar-refractivity contribution in [3.8, 4) is 0 Å². The average molecular weight is 291 g/mol. The predicted molar refractivity (Wildman–Crippen MR) is 79.0 cm³/mol. The van der Waals surface area contributed by atoms with E-state index in [9.17, 15) is 9.59 Å². The van der Waals surface area contributed by atoms with Gasteiger partial charge in [-0.1, -0.05) is 23.7 Å². The molecule has 5 heteroatoms. The van der Waals surface area contributed by atoms with Crippen LogP contribution in [0.2, 0.25) is 5.02 Å². The molecular weight excluding hydrogens is 276 g/mol. The van der Waals surface area contributed by atoms with Crippen LogP contribution in [0.4, 0.5) is 0 Å². The summed E-state index contributed by atoms with van der Waals surface area (Å²) in [5.41, 5.74) is 0.709. The molecule has 20 heavy (non-hydrogen) atoms. The van der Waals surface area contributed by atoms with Crippen LogP contribution in [0.1, 0.15) is 28.9 Å². The number of pyridine rings is 1. The maximum atomic E-state index is 12.3. The Bertz CT molecular complexity index is 664. The molecule has 0 fully saturated rings. The summed E-state index contributed by atoms with van der Waals surface area (Å²) < 4.78 is 0. The standard InChI is InChI=1S/C15H15ClN2O2/c1-10(11-5-7-12(16)8-6-11)18(2)15(20)13-4-3-9-17-14(13)19/h3-10H,1-2H3,(H,17,19)/t10-/m0/s1. The van der Waals surface area contributed by atoms with Gasteiger partial charge in [0.1, 0.15) is 5.56 Å². The van der Waals surface area contributed by atoms with Crippen molar-refractivity contribution in [3.63, 3.8) is 0 Å². The van der Waals surface area contributed by atoms with Crippen LogP contribution in [0.5, 0.6) is 0 Å². The van der Waals surface area contributed by atoms with Crippen molar-refractivity contribution in [2.75, 3.05) is 7.05 Å². The highest BCUT2D eigenvalue weighted by Gasteiger charge is 2.20. The Morgan fingerprint density at radius 1 is 1.25 bits per heavy atom. The molecule has 1 aromatic heterocycles. The number of amides is 1. The maximum Gasteiger partial charge on any atom is 0.260 e. The minimum Gasteiger partial charge on any atom is -0.335 e. The molecule has 1 heterocycles. The van der Waals surface area contributed by atoms with Crippen LogP contribution in [0.3, 0.4) is 0 Å². The molecule has 0 spiro atoms. The summed E-state index contributed by atoms with van der Waals surface area (Å²) in [7, 11) is 1.67. The third kappa shape index (κ3) is 2.91. The smallest absolute Gasteiger partial charge is 0.260 e. The number of halogens is 1. The molecule has 0 aliphatic heterocycles. The molecule has 1 amide bonds. The molecule has 0 aliphatic rings. The van der Waals surface area contributed by atoms with E-state index in [-0.39, 0.29) is 23.1 Å². The third-order valence-corrected chi connectivity index (χ3v) is 3.55. The zero-order chi connectivity index (χ0) is 14.7. The Morgan fingerprint density at radius 3 is 2.50 bits per heavy atom. The van der Waals surface area contributed by atoms with Crippen LogP contribution in [-0.2, 0) is 0 Å². The van der Waals surface area contributed by atoms with E-state index in [1.807, 2.05) is 19.1 Å². The molecule has 2 aromatic rings. The van der Waals surface area contributed by atoms with E-state index in [2.05, 4.69) is 4.98 Å². The summed E-state index contributed by atoms with van der Waals surface area (Å²) in [6.45, 7) is 1.90. The number of nitrogens with one attached hydrogen (secondary N) is 1. The number of benzene rings is 1. The van der Waals surface area contributed by atoms with E-state index in [1.54, 1.807) is 25.2 Å². The van der Waals surface area contributed by atoms with Crippen molar-refractivity contribution in [1.82, 2.24) is 9.88 Å². The van der Waals surface area contributed by atoms with Crippen molar-refractivity contribution < 1.29 is 4.79 Å². The zero-order valence-corrected chi connectivity index (χ0v) is 12.0. The first kappa shape index (κ1) is 14.3. The molecule has 0 unspecified atom stereocenters. The Kier molecular flexibility index (Phi) is 4.25. The Hall–Kier alpha value is -2.07. The van der Waals surface area contributed by atoms with Crippen LogP contribution in [0, 0.1) is 0 Å². The number of nitrogens with zero attached hydrogens (tertiary/aromatic N) is 1. The lowest BCUT2D eigenvalue weighted by Gasteiger charge is -2.25. The molecule has 1 atom stereocenters. The van der Waals surface area contributed by atoms with Gasteiger partial charge in [-0.2, -0.15) is 0 Å². The summed E-state index contributed by atoms with van der Waals surface area (Å²) in [6, 6.07) is 10.3. The highest BCUT2D eigenvalue weighted by atomic mass is 35.5. The Labute approximate surface area is 122 Å². The van der Waals surface area contributed by atoms with Gasteiger partial charge in [0.2, 0.25) is 0 Å². The van der Waals surface area contributed by atoms with Crippen LogP contribution in [0.25, 0.3) is 0 Å². The summed E-state index contributed by atoms with van der Waals surface area (Å²) in [5, 5.41) is 0.648. The van der Waals surface area contributed by atoms with Crippen molar-refractivity contribution in [1.29, 1.82) is 0 Å². The summed E-state index contributed by atoms with van der Waals surface area (Å²) >= 11 is 5.85. The molecule has 104 valence electrons. The quantitative estimate of drug-likeness (QED) is 0.945. The summed E-state index contributed by atoms with van der Waals surface area (Å²) in [5.74, 6) is -0.311. The van der Waals surface area contributed by atoms with E-state index in [1.165, 1.54) is 17.2 Å². The number of carbonyl (C=O) groups excluding carboxylic acids is 1. The fraction of sp³-hybridized carbons (Fsp3) is 0.200. The molecule has 0 saturated heterocycles. The van der Waals surface area contributed by atoms with Gasteiger partial charge in [-0.05, 0) is 36.8 Å². The minimum atomic E-state index is -0.382. The normalized spacial score (nSPS) is 11.9. The van der Waals surface area contributed by atoms with Gasteiger partial charge in [0.25, 0.3) is 11.5 Å². The minimum absolute atomic E-state index is 0.135. The average Bonchev–Trinajstić information content (AvgIpc) is 2.46. The van der Waals surface area contributed by atoms with E-state index in [4.69, 9.17) is 11.6 Å². The summed E-state index contributed by atoms with van der Waals surface area (Å²) in [4.78, 5) is 28.0. The molecule has 4 nitrogen and oxygen atoms in total. The third-order valence-electron chi connectivity index (χ3n) is 3.30. The topological polar surface area (TPSA) is 53.2 Å². The second-order valence-electron chi connectivity index (χ2n) is 4.56. The van der Waals surface area contributed by atoms with Crippen LogP contribution < -0.4 is 5.56 Å². The predicted octanol–water partition coefficient (Wildman–Crippen LogP) is 2.86. The molecule has 1 aromatic carbocycles. The van der Waals surface area contributed by atoms with Crippen molar-refractivity contribution >= 4 is 17.5 Å². The van der Waals surface area contributed by atoms with Gasteiger partial charge in [-0.25, -0.2) is 0 Å². The van der Waals surface area contributed by atoms with Gasteiger partial charge >= 0.3 is 0 Å². The molecule has 0 aliphatic carbocycles. The maximum absolute atomic E-state index is 12.3. The fourth-order valence-electron chi connectivity index (χ4n) is 1.92. The SMILES string of the molecule is C[C@@H](c1ccc(Cl)cc1)N(C)C(=O)c1ccc[nH]c1=O. The lowest BCUT2D eigenvalue weighted by Crippen LogP contribution is -2.33. The largest absolute Gasteiger partial charge is 0.335 e. The Balaban J connectivity index is 2.25. The molecule has 2 rings (SSSR count). The van der Waals surface area contributed by atoms with Gasteiger partial charge < -0.3 is 9.88 Å². The van der Waals surface area contributed by atoms with Crippen molar-refractivity contribution in [3.05, 3.63) is 69.1 Å². The van der Waals surface area contributed by atoms with E-state index in [0.717, 1.165) is 5.56 Å². The van der Waals surface area contributed by atoms with Gasteiger partial charge in [0.15, 0.2) is 0 Å². The molecule has 0 radical (unpaired) electrons. The number of hydrogen-bond donors (Lipinski definition) is 1. The van der Waals surface area contributed by atoms with Crippen LogP contribution in [0.15, 0.2) is 47.4 Å². The number of rotatable bonds is 3. The van der Waals surface area contributed by atoms with Gasteiger partial charge in [-0.3, -0.25) is 9.59 Å². The van der Waals surface area contributed by atoms with Gasteiger partial charge in [-0.15, -0.1) is 0 Å². The van der Waals surface area contributed by atoms with E-state index < -0.39 is 0 Å². The number of H-pyrrole nitrogens is 1. The molecule has 0 saturated carbocycles. The molecular formula is C15H15ClN2O2. The Morgan fingerprint density at radius 2 is 1.90 bits per heavy atom. The summed E-state index contributed by atoms with van der Waals surface area (Å²) in [6.07, 6.45) is 1.50.